The van der Waals surface area contributed by atoms with E-state index in [2.05, 4.69) is 6.58 Å². The molecule has 3 heteroatoms. The van der Waals surface area contributed by atoms with Gasteiger partial charge in [-0.1, -0.05) is 12.2 Å². The minimum atomic E-state index is -0.612. The van der Waals surface area contributed by atoms with Crippen molar-refractivity contribution >= 4 is 0 Å². The standard InChI is InChI=1S/C13H16O3/c1-3-11(14)5-4-10-16-13-8-6-12(15-2)7-9-13/h3-9,11,14H,1,10H2,2H3/b5-4+. The van der Waals surface area contributed by atoms with Crippen molar-refractivity contribution in [3.05, 3.63) is 49.1 Å². The lowest BCUT2D eigenvalue weighted by molar-refractivity contribution is 0.270. The zero-order chi connectivity index (χ0) is 11.8. The van der Waals surface area contributed by atoms with Crippen molar-refractivity contribution in [3.8, 4) is 11.5 Å². The van der Waals surface area contributed by atoms with Crippen molar-refractivity contribution in [1.82, 2.24) is 0 Å². The third-order valence-corrected chi connectivity index (χ3v) is 1.98. The van der Waals surface area contributed by atoms with E-state index in [0.29, 0.717) is 6.61 Å². The molecule has 0 aliphatic rings. The third-order valence-electron chi connectivity index (χ3n) is 1.98. The molecule has 1 unspecified atom stereocenters. The van der Waals surface area contributed by atoms with Gasteiger partial charge in [-0.05, 0) is 30.3 Å². The predicted molar refractivity (Wildman–Crippen MR) is 63.8 cm³/mol. The lowest BCUT2D eigenvalue weighted by Crippen LogP contribution is -1.98. The number of methoxy groups -OCH3 is 1. The van der Waals surface area contributed by atoms with Crippen LogP contribution in [0.25, 0.3) is 0 Å². The smallest absolute Gasteiger partial charge is 0.120 e. The molecule has 0 fully saturated rings. The maximum Gasteiger partial charge on any atom is 0.120 e. The average molecular weight is 220 g/mol. The van der Waals surface area contributed by atoms with Crippen LogP contribution in [0, 0.1) is 0 Å². The number of benzene rings is 1. The fraction of sp³-hybridized carbons (Fsp3) is 0.231. The summed E-state index contributed by atoms with van der Waals surface area (Å²) in [5.74, 6) is 1.56. The second-order valence-corrected chi connectivity index (χ2v) is 3.14. The number of ether oxygens (including phenoxy) is 2. The normalized spacial score (nSPS) is 12.4. The Morgan fingerprint density at radius 1 is 1.31 bits per heavy atom. The Labute approximate surface area is 95.6 Å². The summed E-state index contributed by atoms with van der Waals surface area (Å²) in [5, 5.41) is 9.15. The first-order valence-electron chi connectivity index (χ1n) is 5.00. The molecule has 0 amide bonds. The predicted octanol–water partition coefficient (Wildman–Crippen LogP) is 2.18. The summed E-state index contributed by atoms with van der Waals surface area (Å²) in [5.41, 5.74) is 0. The maximum atomic E-state index is 9.15. The van der Waals surface area contributed by atoms with Gasteiger partial charge in [0.1, 0.15) is 18.1 Å². The van der Waals surface area contributed by atoms with Crippen LogP contribution in [0.5, 0.6) is 11.5 Å². The zero-order valence-corrected chi connectivity index (χ0v) is 9.30. The molecular weight excluding hydrogens is 204 g/mol. The molecule has 86 valence electrons. The molecule has 0 saturated carbocycles. The number of hydrogen-bond donors (Lipinski definition) is 1. The first-order valence-corrected chi connectivity index (χ1v) is 5.00. The maximum absolute atomic E-state index is 9.15. The highest BCUT2D eigenvalue weighted by atomic mass is 16.5. The van der Waals surface area contributed by atoms with Gasteiger partial charge in [0.25, 0.3) is 0 Å². The molecule has 0 radical (unpaired) electrons. The third kappa shape index (κ3) is 4.19. The quantitative estimate of drug-likeness (QED) is 0.747. The van der Waals surface area contributed by atoms with Gasteiger partial charge in [-0.15, -0.1) is 6.58 Å². The van der Waals surface area contributed by atoms with Crippen LogP contribution in [0.2, 0.25) is 0 Å². The first-order chi connectivity index (χ1) is 7.76. The molecule has 1 rings (SSSR count). The highest BCUT2D eigenvalue weighted by Crippen LogP contribution is 2.16. The summed E-state index contributed by atoms with van der Waals surface area (Å²) < 4.78 is 10.4. The molecule has 1 aromatic rings. The van der Waals surface area contributed by atoms with Crippen LogP contribution in [0.15, 0.2) is 49.1 Å². The molecule has 0 aromatic heterocycles. The van der Waals surface area contributed by atoms with Crippen molar-refractivity contribution in [2.75, 3.05) is 13.7 Å². The monoisotopic (exact) mass is 220 g/mol. The van der Waals surface area contributed by atoms with Crippen LogP contribution in [0.4, 0.5) is 0 Å². The zero-order valence-electron chi connectivity index (χ0n) is 9.30. The Balaban J connectivity index is 2.37. The average Bonchev–Trinajstić information content (AvgIpc) is 2.35. The van der Waals surface area contributed by atoms with Crippen LogP contribution >= 0.6 is 0 Å². The van der Waals surface area contributed by atoms with Gasteiger partial charge in [-0.2, -0.15) is 0 Å². The molecule has 16 heavy (non-hydrogen) atoms. The number of rotatable bonds is 6. The number of hydrogen-bond acceptors (Lipinski definition) is 3. The fourth-order valence-electron chi connectivity index (χ4n) is 1.09. The summed E-state index contributed by atoms with van der Waals surface area (Å²) in [4.78, 5) is 0. The van der Waals surface area contributed by atoms with E-state index in [0.717, 1.165) is 11.5 Å². The van der Waals surface area contributed by atoms with Gasteiger partial charge in [0.2, 0.25) is 0 Å². The minimum Gasteiger partial charge on any atom is -0.497 e. The van der Waals surface area contributed by atoms with Crippen molar-refractivity contribution in [2.24, 2.45) is 0 Å². The highest BCUT2D eigenvalue weighted by molar-refractivity contribution is 5.31. The summed E-state index contributed by atoms with van der Waals surface area (Å²) in [6.45, 7) is 3.87. The van der Waals surface area contributed by atoms with Gasteiger partial charge < -0.3 is 14.6 Å². The van der Waals surface area contributed by atoms with Crippen LogP contribution < -0.4 is 9.47 Å². The highest BCUT2D eigenvalue weighted by Gasteiger charge is 1.93. The molecule has 1 aromatic carbocycles. The Hall–Kier alpha value is -1.74. The minimum absolute atomic E-state index is 0.414. The van der Waals surface area contributed by atoms with Crippen molar-refractivity contribution in [1.29, 1.82) is 0 Å². The first kappa shape index (κ1) is 12.3. The molecule has 1 atom stereocenters. The summed E-state index contributed by atoms with van der Waals surface area (Å²) in [7, 11) is 1.62. The van der Waals surface area contributed by atoms with Crippen LogP contribution in [0.1, 0.15) is 0 Å². The molecule has 0 bridgehead atoms. The van der Waals surface area contributed by atoms with E-state index >= 15 is 0 Å². The summed E-state index contributed by atoms with van der Waals surface area (Å²) >= 11 is 0. The van der Waals surface area contributed by atoms with E-state index in [1.807, 2.05) is 24.3 Å². The topological polar surface area (TPSA) is 38.7 Å². The van der Waals surface area contributed by atoms with Crippen LogP contribution in [-0.2, 0) is 0 Å². The molecule has 0 aliphatic heterocycles. The Bertz CT molecular complexity index is 341. The van der Waals surface area contributed by atoms with Gasteiger partial charge in [0.15, 0.2) is 0 Å². The molecule has 0 heterocycles. The van der Waals surface area contributed by atoms with Gasteiger partial charge in [0, 0.05) is 0 Å². The van der Waals surface area contributed by atoms with Crippen molar-refractivity contribution in [3.63, 3.8) is 0 Å². The largest absolute Gasteiger partial charge is 0.497 e. The molecule has 0 aliphatic carbocycles. The SMILES string of the molecule is C=CC(O)/C=C/COc1ccc(OC)cc1. The van der Waals surface area contributed by atoms with Crippen LogP contribution in [0.3, 0.4) is 0 Å². The number of aliphatic hydroxyl groups is 1. The van der Waals surface area contributed by atoms with Crippen molar-refractivity contribution < 1.29 is 14.6 Å². The van der Waals surface area contributed by atoms with Crippen molar-refractivity contribution in [2.45, 2.75) is 6.10 Å². The summed E-state index contributed by atoms with van der Waals surface area (Å²) in [6.07, 6.45) is 4.20. The lowest BCUT2D eigenvalue weighted by Gasteiger charge is -2.04. The van der Waals surface area contributed by atoms with Gasteiger partial charge in [0.05, 0.1) is 13.2 Å². The fourth-order valence-corrected chi connectivity index (χ4v) is 1.09. The van der Waals surface area contributed by atoms with E-state index in [1.165, 1.54) is 6.08 Å². The van der Waals surface area contributed by atoms with E-state index < -0.39 is 6.10 Å². The van der Waals surface area contributed by atoms with E-state index in [9.17, 15) is 0 Å². The summed E-state index contributed by atoms with van der Waals surface area (Å²) in [6, 6.07) is 7.32. The molecular formula is C13H16O3. The second kappa shape index (κ2) is 6.69. The number of aliphatic hydroxyl groups excluding tert-OH is 1. The van der Waals surface area contributed by atoms with E-state index in [1.54, 1.807) is 19.3 Å². The Kier molecular flexibility index (Phi) is 5.16. The Morgan fingerprint density at radius 2 is 1.94 bits per heavy atom. The molecule has 3 nitrogen and oxygen atoms in total. The van der Waals surface area contributed by atoms with Gasteiger partial charge >= 0.3 is 0 Å². The molecule has 0 spiro atoms. The van der Waals surface area contributed by atoms with E-state index in [-0.39, 0.29) is 0 Å². The lowest BCUT2D eigenvalue weighted by atomic mass is 10.3. The van der Waals surface area contributed by atoms with Gasteiger partial charge in [-0.3, -0.25) is 0 Å². The molecule has 1 N–H and O–H groups in total. The Morgan fingerprint density at radius 3 is 2.50 bits per heavy atom. The van der Waals surface area contributed by atoms with Gasteiger partial charge in [-0.25, -0.2) is 0 Å². The van der Waals surface area contributed by atoms with E-state index in [4.69, 9.17) is 14.6 Å². The molecule has 0 saturated heterocycles. The van der Waals surface area contributed by atoms with Crippen LogP contribution in [-0.4, -0.2) is 24.9 Å². The second-order valence-electron chi connectivity index (χ2n) is 3.14.